The molecule has 0 radical (unpaired) electrons. The monoisotopic (exact) mass is 277 g/mol. The van der Waals surface area contributed by atoms with Gasteiger partial charge >= 0.3 is 0 Å². The smallest absolute Gasteiger partial charge is 0.130 e. The van der Waals surface area contributed by atoms with Crippen molar-refractivity contribution in [3.63, 3.8) is 0 Å². The first-order chi connectivity index (χ1) is 9.08. The number of hydrogen-bond donors (Lipinski definition) is 1. The van der Waals surface area contributed by atoms with Crippen LogP contribution in [0.15, 0.2) is 48.5 Å². The van der Waals surface area contributed by atoms with Gasteiger partial charge in [0.05, 0.1) is 5.54 Å². The molecular weight excluding hydrogens is 261 g/mol. The van der Waals surface area contributed by atoms with Crippen molar-refractivity contribution in [1.29, 1.82) is 0 Å². The van der Waals surface area contributed by atoms with E-state index in [4.69, 9.17) is 17.3 Å². The summed E-state index contributed by atoms with van der Waals surface area (Å²) in [7, 11) is 0. The highest BCUT2D eigenvalue weighted by molar-refractivity contribution is 6.30. The molecule has 1 atom stereocenters. The van der Waals surface area contributed by atoms with Crippen LogP contribution in [0.25, 0.3) is 0 Å². The Morgan fingerprint density at radius 1 is 1.16 bits per heavy atom. The number of benzene rings is 2. The average molecular weight is 278 g/mol. The molecule has 3 heteroatoms. The Labute approximate surface area is 118 Å². The van der Waals surface area contributed by atoms with Crippen LogP contribution in [0, 0.1) is 5.82 Å². The molecule has 0 aliphatic carbocycles. The van der Waals surface area contributed by atoms with Crippen molar-refractivity contribution in [1.82, 2.24) is 0 Å². The summed E-state index contributed by atoms with van der Waals surface area (Å²) >= 11 is 5.81. The van der Waals surface area contributed by atoms with Gasteiger partial charge in [0.2, 0.25) is 0 Å². The number of hydrogen-bond acceptors (Lipinski definition) is 1. The predicted molar refractivity (Wildman–Crippen MR) is 77.7 cm³/mol. The van der Waals surface area contributed by atoms with Gasteiger partial charge in [0, 0.05) is 10.6 Å². The summed E-state index contributed by atoms with van der Waals surface area (Å²) in [4.78, 5) is 0. The lowest BCUT2D eigenvalue weighted by Gasteiger charge is -2.31. The lowest BCUT2D eigenvalue weighted by atomic mass is 9.80. The molecule has 1 unspecified atom stereocenters. The molecule has 100 valence electrons. The van der Waals surface area contributed by atoms with Crippen LogP contribution in [0.5, 0.6) is 0 Å². The summed E-state index contributed by atoms with van der Waals surface area (Å²) in [5.74, 6) is -0.354. The van der Waals surface area contributed by atoms with Gasteiger partial charge in [-0.15, -0.1) is 0 Å². The molecule has 0 bridgehead atoms. The highest BCUT2D eigenvalue weighted by Gasteiger charge is 2.31. The summed E-state index contributed by atoms with van der Waals surface area (Å²) in [6.07, 6.45) is 1.54. The second-order valence-electron chi connectivity index (χ2n) is 4.71. The van der Waals surface area contributed by atoms with Gasteiger partial charge < -0.3 is 5.73 Å². The molecule has 2 rings (SSSR count). The zero-order chi connectivity index (χ0) is 13.9. The molecule has 0 heterocycles. The summed E-state index contributed by atoms with van der Waals surface area (Å²) in [6, 6.07) is 14.3. The van der Waals surface area contributed by atoms with Crippen molar-refractivity contribution in [3.8, 4) is 0 Å². The van der Waals surface area contributed by atoms with Crippen molar-refractivity contribution >= 4 is 11.6 Å². The Kier molecular flexibility index (Phi) is 4.23. The van der Waals surface area contributed by atoms with E-state index in [0.29, 0.717) is 17.0 Å². The maximum atomic E-state index is 14.2. The van der Waals surface area contributed by atoms with Crippen molar-refractivity contribution in [2.45, 2.75) is 25.3 Å². The van der Waals surface area contributed by atoms with Crippen LogP contribution in [0.4, 0.5) is 4.39 Å². The third kappa shape index (κ3) is 2.80. The van der Waals surface area contributed by atoms with Gasteiger partial charge in [-0.05, 0) is 24.1 Å². The minimum atomic E-state index is -0.815. The lowest BCUT2D eigenvalue weighted by Crippen LogP contribution is -2.38. The summed E-state index contributed by atoms with van der Waals surface area (Å²) in [5.41, 5.74) is 7.11. The first-order valence-electron chi connectivity index (χ1n) is 6.38. The van der Waals surface area contributed by atoms with Crippen molar-refractivity contribution in [2.75, 3.05) is 0 Å². The standard InChI is InChI=1S/C16H17ClFN/c1-2-10-16(19,12-6-4-3-5-7-12)14-9-8-13(17)11-15(14)18/h3-9,11H,2,10,19H2,1H3. The SMILES string of the molecule is CCCC(N)(c1ccccc1)c1ccc(Cl)cc1F. The molecule has 0 aliphatic heterocycles. The van der Waals surface area contributed by atoms with E-state index in [1.165, 1.54) is 6.07 Å². The Morgan fingerprint density at radius 3 is 2.42 bits per heavy atom. The summed E-state index contributed by atoms with van der Waals surface area (Å²) < 4.78 is 14.2. The maximum absolute atomic E-state index is 14.2. The van der Waals surface area contributed by atoms with Crippen LogP contribution in [-0.2, 0) is 5.54 Å². The molecule has 0 fully saturated rings. The topological polar surface area (TPSA) is 26.0 Å². The number of rotatable bonds is 4. The van der Waals surface area contributed by atoms with Crippen LogP contribution in [0.3, 0.4) is 0 Å². The van der Waals surface area contributed by atoms with Crippen molar-refractivity contribution < 1.29 is 4.39 Å². The molecule has 0 amide bonds. The Hall–Kier alpha value is -1.38. The fraction of sp³-hybridized carbons (Fsp3) is 0.250. The lowest BCUT2D eigenvalue weighted by molar-refractivity contribution is 0.455. The third-order valence-electron chi connectivity index (χ3n) is 3.35. The molecule has 0 spiro atoms. The van der Waals surface area contributed by atoms with Gasteiger partial charge in [-0.3, -0.25) is 0 Å². The molecule has 0 aromatic heterocycles. The van der Waals surface area contributed by atoms with Gasteiger partial charge in [0.15, 0.2) is 0 Å². The zero-order valence-electron chi connectivity index (χ0n) is 10.9. The minimum Gasteiger partial charge on any atom is -0.318 e. The molecule has 19 heavy (non-hydrogen) atoms. The average Bonchev–Trinajstić information content (AvgIpc) is 2.39. The molecular formula is C16H17ClFN. The number of halogens is 2. The Bertz CT molecular complexity index is 556. The van der Waals surface area contributed by atoms with E-state index in [1.54, 1.807) is 12.1 Å². The molecule has 2 aromatic rings. The van der Waals surface area contributed by atoms with Crippen LogP contribution in [0.2, 0.25) is 5.02 Å². The second-order valence-corrected chi connectivity index (χ2v) is 5.15. The fourth-order valence-corrected chi connectivity index (χ4v) is 2.57. The molecule has 0 saturated carbocycles. The van der Waals surface area contributed by atoms with Crippen LogP contribution in [0.1, 0.15) is 30.9 Å². The Morgan fingerprint density at radius 2 is 1.84 bits per heavy atom. The number of nitrogens with two attached hydrogens (primary N) is 1. The zero-order valence-corrected chi connectivity index (χ0v) is 11.6. The van der Waals surface area contributed by atoms with E-state index in [9.17, 15) is 4.39 Å². The molecule has 0 aliphatic rings. The fourth-order valence-electron chi connectivity index (χ4n) is 2.42. The van der Waals surface area contributed by atoms with Gasteiger partial charge in [-0.2, -0.15) is 0 Å². The molecule has 1 nitrogen and oxygen atoms in total. The predicted octanol–water partition coefficient (Wildman–Crippen LogP) is 4.48. The first kappa shape index (κ1) is 14.0. The second kappa shape index (κ2) is 5.72. The molecule has 0 saturated heterocycles. The highest BCUT2D eigenvalue weighted by atomic mass is 35.5. The van der Waals surface area contributed by atoms with Crippen LogP contribution in [-0.4, -0.2) is 0 Å². The maximum Gasteiger partial charge on any atom is 0.130 e. The van der Waals surface area contributed by atoms with E-state index >= 15 is 0 Å². The van der Waals surface area contributed by atoms with E-state index in [2.05, 4.69) is 0 Å². The molecule has 2 N–H and O–H groups in total. The van der Waals surface area contributed by atoms with Crippen molar-refractivity contribution in [3.05, 3.63) is 70.5 Å². The van der Waals surface area contributed by atoms with E-state index in [-0.39, 0.29) is 5.82 Å². The minimum absolute atomic E-state index is 0.354. The summed E-state index contributed by atoms with van der Waals surface area (Å²) in [6.45, 7) is 2.04. The highest BCUT2D eigenvalue weighted by Crippen LogP contribution is 2.34. The van der Waals surface area contributed by atoms with Gasteiger partial charge in [-0.1, -0.05) is 61.3 Å². The van der Waals surface area contributed by atoms with Gasteiger partial charge in [0.25, 0.3) is 0 Å². The molecule has 2 aromatic carbocycles. The van der Waals surface area contributed by atoms with Gasteiger partial charge in [-0.25, -0.2) is 4.39 Å². The van der Waals surface area contributed by atoms with Crippen molar-refractivity contribution in [2.24, 2.45) is 5.73 Å². The summed E-state index contributed by atoms with van der Waals surface area (Å²) in [5, 5.41) is 0.383. The Balaban J connectivity index is 2.56. The van der Waals surface area contributed by atoms with E-state index < -0.39 is 5.54 Å². The van der Waals surface area contributed by atoms with E-state index in [1.807, 2.05) is 37.3 Å². The van der Waals surface area contributed by atoms with Crippen LogP contribution < -0.4 is 5.73 Å². The normalized spacial score (nSPS) is 14.1. The third-order valence-corrected chi connectivity index (χ3v) is 3.58. The van der Waals surface area contributed by atoms with Crippen LogP contribution >= 0.6 is 11.6 Å². The van der Waals surface area contributed by atoms with E-state index in [0.717, 1.165) is 12.0 Å². The first-order valence-corrected chi connectivity index (χ1v) is 6.75. The quantitative estimate of drug-likeness (QED) is 0.876. The van der Waals surface area contributed by atoms with Gasteiger partial charge in [0.1, 0.15) is 5.82 Å². The largest absolute Gasteiger partial charge is 0.318 e.